The second kappa shape index (κ2) is 6.03. The van der Waals surface area contributed by atoms with Crippen LogP contribution < -0.4 is 11.2 Å². The number of fused-ring (bicyclic) bond motifs is 1. The number of halogens is 4. The molecule has 11 heteroatoms. The van der Waals surface area contributed by atoms with Crippen molar-refractivity contribution in [1.82, 2.24) is 18.9 Å². The van der Waals surface area contributed by atoms with Crippen LogP contribution in [0, 0.1) is 11.3 Å². The van der Waals surface area contributed by atoms with Crippen LogP contribution in [0.3, 0.4) is 0 Å². The summed E-state index contributed by atoms with van der Waals surface area (Å²) in [6.45, 7) is -0.132. The Morgan fingerprint density at radius 2 is 1.96 bits per heavy atom. The van der Waals surface area contributed by atoms with Gasteiger partial charge in [0.1, 0.15) is 12.2 Å². The number of alkyl halides is 3. The van der Waals surface area contributed by atoms with Crippen LogP contribution in [0.4, 0.5) is 13.2 Å². The zero-order chi connectivity index (χ0) is 19.2. The summed E-state index contributed by atoms with van der Waals surface area (Å²) in [6, 6.07) is 6.44. The molecule has 2 heterocycles. The molecule has 1 aromatic carbocycles. The Kier molecular flexibility index (Phi) is 4.12. The molecule has 3 aromatic rings. The van der Waals surface area contributed by atoms with Crippen LogP contribution in [0.1, 0.15) is 5.69 Å². The Morgan fingerprint density at radius 1 is 1.27 bits per heavy atom. The Balaban J connectivity index is 2.30. The molecule has 0 saturated heterocycles. The van der Waals surface area contributed by atoms with Gasteiger partial charge in [-0.05, 0) is 18.2 Å². The summed E-state index contributed by atoms with van der Waals surface area (Å²) < 4.78 is 41.0. The van der Waals surface area contributed by atoms with Crippen molar-refractivity contribution in [2.45, 2.75) is 12.7 Å². The average molecular weight is 384 g/mol. The Labute approximate surface area is 148 Å². The van der Waals surface area contributed by atoms with E-state index < -0.39 is 23.1 Å². The molecule has 2 aromatic heterocycles. The molecule has 134 valence electrons. The molecule has 0 bridgehead atoms. The molecule has 0 unspecified atom stereocenters. The summed E-state index contributed by atoms with van der Waals surface area (Å²) in [4.78, 5) is 24.5. The van der Waals surface area contributed by atoms with Gasteiger partial charge in [-0.15, -0.1) is 0 Å². The maximum absolute atomic E-state index is 12.9. The highest BCUT2D eigenvalue weighted by molar-refractivity contribution is 6.34. The highest BCUT2D eigenvalue weighted by Gasteiger charge is 2.35. The topological polar surface area (TPSA) is 85.6 Å². The monoisotopic (exact) mass is 383 g/mol. The van der Waals surface area contributed by atoms with Gasteiger partial charge in [0, 0.05) is 18.5 Å². The fourth-order valence-electron chi connectivity index (χ4n) is 2.58. The van der Waals surface area contributed by atoms with Gasteiger partial charge in [0.2, 0.25) is 0 Å². The quantitative estimate of drug-likeness (QED) is 0.678. The average Bonchev–Trinajstić information content (AvgIpc) is 2.86. The Hall–Kier alpha value is -3.06. The molecule has 0 atom stereocenters. The van der Waals surface area contributed by atoms with Crippen LogP contribution >= 0.6 is 11.6 Å². The van der Waals surface area contributed by atoms with Gasteiger partial charge in [0.25, 0.3) is 5.56 Å². The van der Waals surface area contributed by atoms with Crippen LogP contribution in [-0.4, -0.2) is 18.9 Å². The lowest BCUT2D eigenvalue weighted by atomic mass is 10.2. The Bertz CT molecular complexity index is 1180. The lowest BCUT2D eigenvalue weighted by Crippen LogP contribution is -2.40. The van der Waals surface area contributed by atoms with Crippen molar-refractivity contribution >= 4 is 22.5 Å². The molecule has 0 radical (unpaired) electrons. The van der Waals surface area contributed by atoms with E-state index in [2.05, 4.69) is 5.10 Å². The van der Waals surface area contributed by atoms with Crippen molar-refractivity contribution in [1.29, 1.82) is 5.26 Å². The predicted octanol–water partition coefficient (Wildman–Crippen LogP) is 2.08. The van der Waals surface area contributed by atoms with Crippen LogP contribution in [0.5, 0.6) is 0 Å². The second-order valence-corrected chi connectivity index (χ2v) is 5.71. The van der Waals surface area contributed by atoms with Gasteiger partial charge in [-0.3, -0.25) is 9.36 Å². The van der Waals surface area contributed by atoms with E-state index in [1.165, 1.54) is 22.9 Å². The van der Waals surface area contributed by atoms with Gasteiger partial charge in [-0.25, -0.2) is 14.0 Å². The number of hydrogen-bond donors (Lipinski definition) is 0. The first-order valence-corrected chi connectivity index (χ1v) is 7.46. The summed E-state index contributed by atoms with van der Waals surface area (Å²) >= 11 is 5.97. The number of aromatic nitrogens is 4. The molecule has 26 heavy (non-hydrogen) atoms. The minimum atomic E-state index is -4.84. The third-order valence-electron chi connectivity index (χ3n) is 3.78. The van der Waals surface area contributed by atoms with Gasteiger partial charge in [-0.1, -0.05) is 11.6 Å². The first-order chi connectivity index (χ1) is 12.1. The molecule has 0 aliphatic rings. The molecule has 0 aliphatic carbocycles. The number of rotatable bonds is 2. The molecule has 7 nitrogen and oxygen atoms in total. The van der Waals surface area contributed by atoms with E-state index in [1.807, 2.05) is 6.07 Å². The van der Waals surface area contributed by atoms with Crippen molar-refractivity contribution in [3.8, 4) is 11.8 Å². The highest BCUT2D eigenvalue weighted by atomic mass is 35.5. The van der Waals surface area contributed by atoms with Crippen LogP contribution in [0.2, 0.25) is 5.15 Å². The van der Waals surface area contributed by atoms with E-state index in [-0.39, 0.29) is 17.4 Å². The summed E-state index contributed by atoms with van der Waals surface area (Å²) in [6.07, 6.45) is -4.84. The fourth-order valence-corrected chi connectivity index (χ4v) is 2.83. The van der Waals surface area contributed by atoms with Crippen LogP contribution in [0.25, 0.3) is 16.6 Å². The standard InChI is InChI=1S/C15H9ClF3N5O2/c1-22-11(15(17,18)19)7-12(25)24(14(22)26)8-2-3-9-10(6-8)23(5-4-20)21-13(9)16/h2-3,6-7H,5H2,1H3. The zero-order valence-corrected chi connectivity index (χ0v) is 13.8. The second-order valence-electron chi connectivity index (χ2n) is 5.35. The minimum Gasteiger partial charge on any atom is -0.292 e. The maximum Gasteiger partial charge on any atom is 0.431 e. The van der Waals surface area contributed by atoms with Crippen molar-refractivity contribution in [2.24, 2.45) is 7.05 Å². The van der Waals surface area contributed by atoms with Crippen molar-refractivity contribution in [3.05, 3.63) is 56.0 Å². The van der Waals surface area contributed by atoms with E-state index in [0.29, 0.717) is 26.1 Å². The molecular weight excluding hydrogens is 375 g/mol. The first kappa shape index (κ1) is 17.8. The number of benzene rings is 1. The molecular formula is C15H9ClF3N5O2. The summed E-state index contributed by atoms with van der Waals surface area (Å²) in [5.41, 5.74) is -3.23. The molecule has 0 fully saturated rings. The number of nitriles is 1. The predicted molar refractivity (Wildman–Crippen MR) is 86.2 cm³/mol. The largest absolute Gasteiger partial charge is 0.431 e. The minimum absolute atomic E-state index is 0.0348. The molecule has 0 saturated carbocycles. The van der Waals surface area contributed by atoms with Crippen molar-refractivity contribution < 1.29 is 13.2 Å². The van der Waals surface area contributed by atoms with Gasteiger partial charge >= 0.3 is 11.9 Å². The summed E-state index contributed by atoms with van der Waals surface area (Å²) in [5.74, 6) is 0. The molecule has 0 amide bonds. The fraction of sp³-hybridized carbons (Fsp3) is 0.200. The van der Waals surface area contributed by atoms with Crippen molar-refractivity contribution in [2.75, 3.05) is 0 Å². The van der Waals surface area contributed by atoms with Crippen LogP contribution in [-0.2, 0) is 19.8 Å². The van der Waals surface area contributed by atoms with Gasteiger partial charge < -0.3 is 0 Å². The third kappa shape index (κ3) is 2.76. The molecule has 0 spiro atoms. The molecule has 3 rings (SSSR count). The van der Waals surface area contributed by atoms with E-state index in [1.54, 1.807) is 0 Å². The normalized spacial score (nSPS) is 11.7. The highest BCUT2D eigenvalue weighted by Crippen LogP contribution is 2.27. The van der Waals surface area contributed by atoms with Gasteiger partial charge in [0.15, 0.2) is 5.15 Å². The zero-order valence-electron chi connectivity index (χ0n) is 13.1. The smallest absolute Gasteiger partial charge is 0.292 e. The number of hydrogen-bond acceptors (Lipinski definition) is 4. The Morgan fingerprint density at radius 3 is 2.58 bits per heavy atom. The van der Waals surface area contributed by atoms with E-state index in [4.69, 9.17) is 16.9 Å². The van der Waals surface area contributed by atoms with Crippen LogP contribution in [0.15, 0.2) is 33.9 Å². The summed E-state index contributed by atoms with van der Waals surface area (Å²) in [7, 11) is 0.927. The molecule has 0 N–H and O–H groups in total. The third-order valence-corrected chi connectivity index (χ3v) is 4.06. The van der Waals surface area contributed by atoms with Crippen molar-refractivity contribution in [3.63, 3.8) is 0 Å². The van der Waals surface area contributed by atoms with Gasteiger partial charge in [0.05, 0.1) is 17.3 Å². The van der Waals surface area contributed by atoms with E-state index in [9.17, 15) is 22.8 Å². The SMILES string of the molecule is Cn1c(C(F)(F)F)cc(=O)n(-c2ccc3c(Cl)nn(CC#N)c3c2)c1=O. The summed E-state index contributed by atoms with van der Waals surface area (Å²) in [5, 5.41) is 13.4. The maximum atomic E-state index is 12.9. The molecule has 0 aliphatic heterocycles. The first-order valence-electron chi connectivity index (χ1n) is 7.09. The van der Waals surface area contributed by atoms with Gasteiger partial charge in [-0.2, -0.15) is 23.5 Å². The van der Waals surface area contributed by atoms with E-state index >= 15 is 0 Å². The lowest BCUT2D eigenvalue weighted by Gasteiger charge is -2.14. The number of nitrogens with zero attached hydrogens (tertiary/aromatic N) is 5. The van der Waals surface area contributed by atoms with E-state index in [0.717, 1.165) is 7.05 Å². The lowest BCUT2D eigenvalue weighted by molar-refractivity contribution is -0.144.